The number of carboxylic acid groups (broad SMARTS) is 1. The Labute approximate surface area is 117 Å². The number of hydrogen-bond donors (Lipinski definition) is 1. The Morgan fingerprint density at radius 1 is 1.30 bits per heavy atom. The average Bonchev–Trinajstić information content (AvgIpc) is 2.22. The molecule has 0 radical (unpaired) electrons. The van der Waals surface area contributed by atoms with Crippen molar-refractivity contribution in [3.63, 3.8) is 0 Å². The summed E-state index contributed by atoms with van der Waals surface area (Å²) in [5.41, 5.74) is -0.0297. The zero-order chi connectivity index (χ0) is 15.5. The molecule has 0 atom stereocenters. The van der Waals surface area contributed by atoms with Crippen LogP contribution in [0.25, 0.3) is 6.08 Å². The van der Waals surface area contributed by atoms with E-state index in [9.17, 15) is 13.6 Å². The second-order valence-electron chi connectivity index (χ2n) is 5.92. The van der Waals surface area contributed by atoms with E-state index in [1.165, 1.54) is 4.90 Å². The fourth-order valence-corrected chi connectivity index (χ4v) is 2.00. The van der Waals surface area contributed by atoms with Gasteiger partial charge in [-0.25, -0.2) is 13.6 Å². The quantitative estimate of drug-likeness (QED) is 0.859. The Balaban J connectivity index is 3.09. The predicted octanol–water partition coefficient (Wildman–Crippen LogP) is 3.54. The Kier molecular flexibility index (Phi) is 4.87. The van der Waals surface area contributed by atoms with E-state index in [0.29, 0.717) is 6.54 Å². The average molecular weight is 283 g/mol. The molecule has 0 amide bonds. The molecule has 110 valence electrons. The molecule has 1 aromatic carbocycles. The molecule has 0 heterocycles. The van der Waals surface area contributed by atoms with Crippen molar-refractivity contribution in [2.75, 3.05) is 18.5 Å². The first-order chi connectivity index (χ1) is 9.10. The third kappa shape index (κ3) is 4.64. The highest BCUT2D eigenvalue weighted by atomic mass is 19.1. The van der Waals surface area contributed by atoms with Gasteiger partial charge in [0.15, 0.2) is 0 Å². The number of anilines is 1. The first-order valence-electron chi connectivity index (χ1n) is 6.21. The summed E-state index contributed by atoms with van der Waals surface area (Å²) in [4.78, 5) is 11.9. The van der Waals surface area contributed by atoms with Gasteiger partial charge in [0.05, 0.1) is 0 Å². The standard InChI is InChI=1S/C15H19F2NO2/c1-15(2,3)9-18(4)14-11(16)7-10(8-12(14)17)5-6-13(19)20/h5-8H,9H2,1-4H3,(H,19,20). The lowest BCUT2D eigenvalue weighted by molar-refractivity contribution is -0.131. The normalized spacial score (nSPS) is 11.9. The molecule has 0 aromatic heterocycles. The minimum Gasteiger partial charge on any atom is -0.478 e. The summed E-state index contributed by atoms with van der Waals surface area (Å²) in [6.45, 7) is 6.42. The van der Waals surface area contributed by atoms with Crippen LogP contribution in [0.2, 0.25) is 0 Å². The number of halogens is 2. The van der Waals surface area contributed by atoms with Crippen LogP contribution in [0.4, 0.5) is 14.5 Å². The first-order valence-corrected chi connectivity index (χ1v) is 6.21. The number of hydrogen-bond acceptors (Lipinski definition) is 2. The molecule has 0 fully saturated rings. The van der Waals surface area contributed by atoms with Crippen molar-refractivity contribution in [3.8, 4) is 0 Å². The number of nitrogens with zero attached hydrogens (tertiary/aromatic N) is 1. The minimum atomic E-state index is -1.17. The molecular formula is C15H19F2NO2. The molecule has 0 aliphatic carbocycles. The highest BCUT2D eigenvalue weighted by Crippen LogP contribution is 2.27. The van der Waals surface area contributed by atoms with Crippen molar-refractivity contribution in [1.29, 1.82) is 0 Å². The van der Waals surface area contributed by atoms with E-state index in [4.69, 9.17) is 5.11 Å². The molecule has 0 aliphatic heterocycles. The Hall–Kier alpha value is -1.91. The van der Waals surface area contributed by atoms with Crippen LogP contribution in [-0.2, 0) is 4.79 Å². The number of benzene rings is 1. The highest BCUT2D eigenvalue weighted by molar-refractivity contribution is 5.85. The lowest BCUT2D eigenvalue weighted by atomic mass is 9.96. The maximum Gasteiger partial charge on any atom is 0.328 e. The third-order valence-corrected chi connectivity index (χ3v) is 2.55. The lowest BCUT2D eigenvalue weighted by Gasteiger charge is -2.28. The summed E-state index contributed by atoms with van der Waals surface area (Å²) in [6.07, 6.45) is 1.99. The number of aliphatic carboxylic acids is 1. The van der Waals surface area contributed by atoms with Crippen molar-refractivity contribution >= 4 is 17.7 Å². The smallest absolute Gasteiger partial charge is 0.328 e. The molecule has 0 bridgehead atoms. The van der Waals surface area contributed by atoms with Crippen molar-refractivity contribution in [1.82, 2.24) is 0 Å². The van der Waals surface area contributed by atoms with Crippen LogP contribution in [-0.4, -0.2) is 24.7 Å². The van der Waals surface area contributed by atoms with E-state index in [2.05, 4.69) is 0 Å². The molecule has 0 unspecified atom stereocenters. The summed E-state index contributed by atoms with van der Waals surface area (Å²) in [6, 6.07) is 2.24. The van der Waals surface area contributed by atoms with E-state index in [-0.39, 0.29) is 16.7 Å². The van der Waals surface area contributed by atoms with Crippen molar-refractivity contribution in [2.45, 2.75) is 20.8 Å². The van der Waals surface area contributed by atoms with Gasteiger partial charge in [0.1, 0.15) is 17.3 Å². The van der Waals surface area contributed by atoms with Crippen molar-refractivity contribution in [3.05, 3.63) is 35.4 Å². The van der Waals surface area contributed by atoms with Crippen LogP contribution in [0.5, 0.6) is 0 Å². The SMILES string of the molecule is CN(CC(C)(C)C)c1c(F)cc(C=CC(=O)O)cc1F. The minimum absolute atomic E-state index is 0.102. The number of carbonyl (C=O) groups is 1. The number of carboxylic acids is 1. The second-order valence-corrected chi connectivity index (χ2v) is 5.92. The van der Waals surface area contributed by atoms with Gasteiger partial charge in [0, 0.05) is 19.7 Å². The van der Waals surface area contributed by atoms with Crippen LogP contribution < -0.4 is 4.90 Å². The Morgan fingerprint density at radius 3 is 2.20 bits per heavy atom. The van der Waals surface area contributed by atoms with Crippen LogP contribution in [0.1, 0.15) is 26.3 Å². The van der Waals surface area contributed by atoms with Gasteiger partial charge in [-0.3, -0.25) is 0 Å². The van der Waals surface area contributed by atoms with E-state index in [0.717, 1.165) is 24.3 Å². The fraction of sp³-hybridized carbons (Fsp3) is 0.400. The van der Waals surface area contributed by atoms with Gasteiger partial charge in [-0.05, 0) is 29.2 Å². The van der Waals surface area contributed by atoms with Gasteiger partial charge < -0.3 is 10.0 Å². The summed E-state index contributed by atoms with van der Waals surface area (Å²) in [5.74, 6) is -2.58. The van der Waals surface area contributed by atoms with E-state index in [1.54, 1.807) is 7.05 Å². The van der Waals surface area contributed by atoms with Crippen LogP contribution in [0.3, 0.4) is 0 Å². The van der Waals surface area contributed by atoms with Crippen LogP contribution in [0, 0.1) is 17.0 Å². The largest absolute Gasteiger partial charge is 0.478 e. The van der Waals surface area contributed by atoms with Crippen molar-refractivity contribution in [2.24, 2.45) is 5.41 Å². The molecule has 0 saturated heterocycles. The molecular weight excluding hydrogens is 264 g/mol. The fourth-order valence-electron chi connectivity index (χ4n) is 2.00. The zero-order valence-electron chi connectivity index (χ0n) is 12.1. The van der Waals surface area contributed by atoms with Gasteiger partial charge in [0.2, 0.25) is 0 Å². The van der Waals surface area contributed by atoms with E-state index >= 15 is 0 Å². The molecule has 20 heavy (non-hydrogen) atoms. The third-order valence-electron chi connectivity index (χ3n) is 2.55. The molecule has 3 nitrogen and oxygen atoms in total. The van der Waals surface area contributed by atoms with Crippen molar-refractivity contribution < 1.29 is 18.7 Å². The Bertz CT molecular complexity index is 510. The van der Waals surface area contributed by atoms with Gasteiger partial charge in [-0.2, -0.15) is 0 Å². The molecule has 5 heteroatoms. The topological polar surface area (TPSA) is 40.5 Å². The summed E-state index contributed by atoms with van der Waals surface area (Å²) in [5, 5.41) is 8.50. The first kappa shape index (κ1) is 16.1. The van der Waals surface area contributed by atoms with E-state index in [1.807, 2.05) is 20.8 Å². The van der Waals surface area contributed by atoms with Gasteiger partial charge in [-0.1, -0.05) is 20.8 Å². The molecule has 0 spiro atoms. The molecule has 0 aliphatic rings. The lowest BCUT2D eigenvalue weighted by Crippen LogP contribution is -2.30. The maximum atomic E-state index is 14.0. The maximum absolute atomic E-state index is 14.0. The highest BCUT2D eigenvalue weighted by Gasteiger charge is 2.20. The van der Waals surface area contributed by atoms with Crippen LogP contribution >= 0.6 is 0 Å². The Morgan fingerprint density at radius 2 is 1.80 bits per heavy atom. The summed E-state index contributed by atoms with van der Waals surface area (Å²) >= 11 is 0. The summed E-state index contributed by atoms with van der Waals surface area (Å²) in [7, 11) is 1.62. The summed E-state index contributed by atoms with van der Waals surface area (Å²) < 4.78 is 28.0. The molecule has 0 saturated carbocycles. The van der Waals surface area contributed by atoms with Gasteiger partial charge in [0.25, 0.3) is 0 Å². The molecule has 1 rings (SSSR count). The molecule has 1 aromatic rings. The zero-order valence-corrected chi connectivity index (χ0v) is 12.1. The van der Waals surface area contributed by atoms with E-state index < -0.39 is 17.6 Å². The second kappa shape index (κ2) is 6.03. The monoisotopic (exact) mass is 283 g/mol. The number of rotatable bonds is 4. The van der Waals surface area contributed by atoms with Crippen LogP contribution in [0.15, 0.2) is 18.2 Å². The predicted molar refractivity (Wildman–Crippen MR) is 75.8 cm³/mol. The van der Waals surface area contributed by atoms with Gasteiger partial charge in [-0.15, -0.1) is 0 Å². The van der Waals surface area contributed by atoms with Gasteiger partial charge >= 0.3 is 5.97 Å². The molecule has 1 N–H and O–H groups in total.